The third kappa shape index (κ3) is 2.97. The van der Waals surface area contributed by atoms with Gasteiger partial charge in [0.25, 0.3) is 10.0 Å². The van der Waals surface area contributed by atoms with Gasteiger partial charge >= 0.3 is 0 Å². The average Bonchev–Trinajstić information content (AvgIpc) is 2.90. The van der Waals surface area contributed by atoms with Gasteiger partial charge in [-0.15, -0.1) is 0 Å². The fourth-order valence-corrected chi connectivity index (χ4v) is 2.73. The first-order valence-corrected chi connectivity index (χ1v) is 7.47. The van der Waals surface area contributed by atoms with Crippen molar-refractivity contribution in [3.8, 4) is 0 Å². The quantitative estimate of drug-likeness (QED) is 0.870. The van der Waals surface area contributed by atoms with Crippen molar-refractivity contribution in [3.63, 3.8) is 0 Å². The average molecular weight is 298 g/mol. The third-order valence-electron chi connectivity index (χ3n) is 2.78. The van der Waals surface area contributed by atoms with Crippen LogP contribution in [-0.4, -0.2) is 18.0 Å². The molecular weight excluding hydrogens is 283 g/mol. The van der Waals surface area contributed by atoms with Crippen molar-refractivity contribution in [1.29, 1.82) is 0 Å². The minimum absolute atomic E-state index is 0.0268. The number of hydrogen-bond donors (Lipinski definition) is 2. The van der Waals surface area contributed by atoms with E-state index in [1.54, 1.807) is 4.57 Å². The van der Waals surface area contributed by atoms with Crippen LogP contribution in [0.15, 0.2) is 35.7 Å². The van der Waals surface area contributed by atoms with Gasteiger partial charge in [-0.2, -0.15) is 8.42 Å². The van der Waals surface area contributed by atoms with E-state index in [0.717, 1.165) is 0 Å². The zero-order valence-corrected chi connectivity index (χ0v) is 11.7. The Morgan fingerprint density at radius 2 is 2.20 bits per heavy atom. The third-order valence-corrected chi connectivity index (χ3v) is 4.03. The summed E-state index contributed by atoms with van der Waals surface area (Å²) < 4.78 is 41.4. The second kappa shape index (κ2) is 5.59. The van der Waals surface area contributed by atoms with Gasteiger partial charge in [-0.25, -0.2) is 9.37 Å². The normalized spacial score (nSPS) is 11.6. The lowest BCUT2D eigenvalue weighted by molar-refractivity contribution is 0.597. The van der Waals surface area contributed by atoms with Crippen molar-refractivity contribution in [2.24, 2.45) is 5.73 Å². The summed E-state index contributed by atoms with van der Waals surface area (Å²) in [5.74, 6) is -0.469. The number of halogens is 1. The van der Waals surface area contributed by atoms with E-state index in [1.807, 2.05) is 6.92 Å². The zero-order valence-electron chi connectivity index (χ0n) is 10.9. The van der Waals surface area contributed by atoms with E-state index in [-0.39, 0.29) is 17.3 Å². The van der Waals surface area contributed by atoms with Gasteiger partial charge in [0.15, 0.2) is 5.03 Å². The summed E-state index contributed by atoms with van der Waals surface area (Å²) in [6.07, 6.45) is 2.86. The van der Waals surface area contributed by atoms with Crippen LogP contribution in [0.2, 0.25) is 0 Å². The van der Waals surface area contributed by atoms with Crippen LogP contribution in [0.5, 0.6) is 0 Å². The van der Waals surface area contributed by atoms with Gasteiger partial charge in [-0.05, 0) is 30.7 Å². The number of aryl methyl sites for hydroxylation is 1. The van der Waals surface area contributed by atoms with Gasteiger partial charge in [0, 0.05) is 19.3 Å². The van der Waals surface area contributed by atoms with Crippen molar-refractivity contribution in [3.05, 3.63) is 42.1 Å². The first kappa shape index (κ1) is 14.5. The van der Waals surface area contributed by atoms with E-state index < -0.39 is 15.8 Å². The van der Waals surface area contributed by atoms with Crippen molar-refractivity contribution in [1.82, 2.24) is 9.55 Å². The van der Waals surface area contributed by atoms with Gasteiger partial charge in [0.1, 0.15) is 5.82 Å². The summed E-state index contributed by atoms with van der Waals surface area (Å²) in [6, 6.07) is 3.70. The lowest BCUT2D eigenvalue weighted by atomic mass is 10.2. The summed E-state index contributed by atoms with van der Waals surface area (Å²) in [5.41, 5.74) is 6.11. The van der Waals surface area contributed by atoms with Gasteiger partial charge in [0.2, 0.25) is 0 Å². The first-order chi connectivity index (χ1) is 9.46. The van der Waals surface area contributed by atoms with Gasteiger partial charge in [-0.3, -0.25) is 4.72 Å². The highest BCUT2D eigenvalue weighted by Gasteiger charge is 2.18. The highest BCUT2D eigenvalue weighted by atomic mass is 32.2. The molecule has 0 spiro atoms. The molecule has 0 radical (unpaired) electrons. The van der Waals surface area contributed by atoms with Gasteiger partial charge < -0.3 is 10.3 Å². The Morgan fingerprint density at radius 1 is 1.45 bits per heavy atom. The molecule has 0 aliphatic carbocycles. The maximum Gasteiger partial charge on any atom is 0.280 e. The van der Waals surface area contributed by atoms with Crippen molar-refractivity contribution < 1.29 is 12.8 Å². The minimum atomic E-state index is -3.81. The fourth-order valence-electron chi connectivity index (χ4n) is 1.68. The number of nitrogens with two attached hydrogens (primary N) is 1. The topological polar surface area (TPSA) is 90.0 Å². The smallest absolute Gasteiger partial charge is 0.280 e. The SMILES string of the molecule is CCn1cnc(S(=O)(=O)Nc2ccc(F)cc2CN)c1. The standard InChI is InChI=1S/C12H15FN4O2S/c1-2-17-7-12(15-8-17)20(18,19)16-11-4-3-10(13)5-9(11)6-14/h3-5,7-8,16H,2,6,14H2,1H3. The Kier molecular flexibility index (Phi) is 4.05. The molecule has 0 saturated heterocycles. The molecule has 1 aromatic heterocycles. The molecule has 2 aromatic rings. The maximum absolute atomic E-state index is 13.1. The lowest BCUT2D eigenvalue weighted by Gasteiger charge is -2.10. The lowest BCUT2D eigenvalue weighted by Crippen LogP contribution is -2.15. The Morgan fingerprint density at radius 3 is 2.80 bits per heavy atom. The molecule has 0 unspecified atom stereocenters. The number of sulfonamides is 1. The second-order valence-corrected chi connectivity index (χ2v) is 5.78. The highest BCUT2D eigenvalue weighted by Crippen LogP contribution is 2.20. The van der Waals surface area contributed by atoms with Crippen LogP contribution >= 0.6 is 0 Å². The Labute approximate surface area is 116 Å². The van der Waals surface area contributed by atoms with Crippen LogP contribution in [0.4, 0.5) is 10.1 Å². The number of hydrogen-bond acceptors (Lipinski definition) is 4. The Balaban J connectivity index is 2.33. The molecular formula is C12H15FN4O2S. The Bertz CT molecular complexity index is 712. The number of imidazole rings is 1. The predicted molar refractivity (Wildman–Crippen MR) is 73.0 cm³/mol. The maximum atomic E-state index is 13.1. The molecule has 2 rings (SSSR count). The molecule has 20 heavy (non-hydrogen) atoms. The van der Waals surface area contributed by atoms with E-state index in [1.165, 1.54) is 30.7 Å². The molecule has 0 aliphatic heterocycles. The van der Waals surface area contributed by atoms with Crippen LogP contribution in [0, 0.1) is 5.82 Å². The molecule has 0 bridgehead atoms. The fraction of sp³-hybridized carbons (Fsp3) is 0.250. The molecule has 1 aromatic carbocycles. The molecule has 1 heterocycles. The zero-order chi connectivity index (χ0) is 14.8. The molecule has 0 amide bonds. The highest BCUT2D eigenvalue weighted by molar-refractivity contribution is 7.92. The van der Waals surface area contributed by atoms with E-state index in [0.29, 0.717) is 12.1 Å². The number of nitrogens with one attached hydrogen (secondary N) is 1. The van der Waals surface area contributed by atoms with Gasteiger partial charge in [0.05, 0.1) is 12.0 Å². The van der Waals surface area contributed by atoms with Crippen LogP contribution < -0.4 is 10.5 Å². The first-order valence-electron chi connectivity index (χ1n) is 5.99. The molecule has 0 fully saturated rings. The van der Waals surface area contributed by atoms with Crippen molar-refractivity contribution >= 4 is 15.7 Å². The number of aromatic nitrogens is 2. The molecule has 3 N–H and O–H groups in total. The largest absolute Gasteiger partial charge is 0.336 e. The second-order valence-electron chi connectivity index (χ2n) is 4.15. The number of benzene rings is 1. The molecule has 0 aliphatic rings. The van der Waals surface area contributed by atoms with Crippen LogP contribution in [-0.2, 0) is 23.1 Å². The molecule has 0 atom stereocenters. The van der Waals surface area contributed by atoms with Crippen molar-refractivity contribution in [2.45, 2.75) is 25.0 Å². The van der Waals surface area contributed by atoms with E-state index in [4.69, 9.17) is 5.73 Å². The van der Waals surface area contributed by atoms with Crippen LogP contribution in [0.3, 0.4) is 0 Å². The number of anilines is 1. The summed E-state index contributed by atoms with van der Waals surface area (Å²) in [5, 5.41) is -0.0911. The van der Waals surface area contributed by atoms with E-state index >= 15 is 0 Å². The number of nitrogens with zero attached hydrogens (tertiary/aromatic N) is 2. The summed E-state index contributed by atoms with van der Waals surface area (Å²) in [4.78, 5) is 3.84. The molecule has 8 heteroatoms. The summed E-state index contributed by atoms with van der Waals surface area (Å²) in [7, 11) is -3.81. The van der Waals surface area contributed by atoms with E-state index in [9.17, 15) is 12.8 Å². The summed E-state index contributed by atoms with van der Waals surface area (Å²) in [6.45, 7) is 2.52. The minimum Gasteiger partial charge on any atom is -0.336 e. The van der Waals surface area contributed by atoms with Crippen LogP contribution in [0.25, 0.3) is 0 Å². The summed E-state index contributed by atoms with van der Waals surface area (Å²) >= 11 is 0. The van der Waals surface area contributed by atoms with Gasteiger partial charge in [-0.1, -0.05) is 0 Å². The van der Waals surface area contributed by atoms with E-state index in [2.05, 4.69) is 9.71 Å². The Hall–Kier alpha value is -1.93. The number of rotatable bonds is 5. The molecule has 0 saturated carbocycles. The predicted octanol–water partition coefficient (Wildman–Crippen LogP) is 1.30. The molecule has 6 nitrogen and oxygen atoms in total. The monoisotopic (exact) mass is 298 g/mol. The molecule has 108 valence electrons. The van der Waals surface area contributed by atoms with Crippen LogP contribution in [0.1, 0.15) is 12.5 Å². The van der Waals surface area contributed by atoms with Crippen molar-refractivity contribution in [2.75, 3.05) is 4.72 Å².